The molecule has 0 radical (unpaired) electrons. The van der Waals surface area contributed by atoms with Crippen LogP contribution in [0.1, 0.15) is 17.7 Å². The van der Waals surface area contributed by atoms with E-state index < -0.39 is 0 Å². The summed E-state index contributed by atoms with van der Waals surface area (Å²) in [6, 6.07) is 19.6. The SMILES string of the molecule is O=C(CCc1c[nH]c2ccccc12)Nn1c(SCc2cc(=O)n3cc(Cl)ccc3n2)nc2ccccc2c1=O. The average Bonchev–Trinajstić information content (AvgIpc) is 3.36. The Balaban J connectivity index is 1.27. The van der Waals surface area contributed by atoms with Gasteiger partial charge in [0.2, 0.25) is 5.91 Å². The van der Waals surface area contributed by atoms with E-state index in [1.807, 2.05) is 30.5 Å². The van der Waals surface area contributed by atoms with Crippen LogP contribution in [0, 0.1) is 0 Å². The van der Waals surface area contributed by atoms with E-state index in [1.54, 1.807) is 36.4 Å². The van der Waals surface area contributed by atoms with Gasteiger partial charge in [0.25, 0.3) is 11.1 Å². The van der Waals surface area contributed by atoms with Crippen molar-refractivity contribution in [2.75, 3.05) is 5.43 Å². The van der Waals surface area contributed by atoms with Crippen molar-refractivity contribution in [3.05, 3.63) is 116 Å². The monoisotopic (exact) mass is 556 g/mol. The Bertz CT molecular complexity index is 2000. The first kappa shape index (κ1) is 24.9. The molecule has 2 aromatic carbocycles. The lowest BCUT2D eigenvalue weighted by Crippen LogP contribution is -2.35. The van der Waals surface area contributed by atoms with Crippen molar-refractivity contribution < 1.29 is 4.79 Å². The zero-order valence-electron chi connectivity index (χ0n) is 20.4. The first-order valence-electron chi connectivity index (χ1n) is 12.1. The predicted octanol–water partition coefficient (Wildman–Crippen LogP) is 4.53. The van der Waals surface area contributed by atoms with Crippen LogP contribution in [-0.4, -0.2) is 29.9 Å². The van der Waals surface area contributed by atoms with Crippen LogP contribution in [0.5, 0.6) is 0 Å². The molecule has 4 aromatic heterocycles. The number of fused-ring (bicyclic) bond motifs is 3. The number of hydrogen-bond donors (Lipinski definition) is 2. The summed E-state index contributed by atoms with van der Waals surface area (Å²) >= 11 is 7.21. The number of nitrogens with one attached hydrogen (secondary N) is 2. The Morgan fingerprint density at radius 1 is 1.00 bits per heavy atom. The lowest BCUT2D eigenvalue weighted by molar-refractivity contribution is -0.117. The number of aryl methyl sites for hydroxylation is 1. The summed E-state index contributed by atoms with van der Waals surface area (Å²) in [7, 11) is 0. The molecule has 0 saturated heterocycles. The number of para-hydroxylation sites is 2. The number of aromatic amines is 1. The van der Waals surface area contributed by atoms with Crippen LogP contribution in [0.2, 0.25) is 5.02 Å². The van der Waals surface area contributed by atoms with Crippen molar-refractivity contribution in [1.29, 1.82) is 0 Å². The van der Waals surface area contributed by atoms with Gasteiger partial charge < -0.3 is 4.98 Å². The van der Waals surface area contributed by atoms with Crippen molar-refractivity contribution in [3.8, 4) is 0 Å². The summed E-state index contributed by atoms with van der Waals surface area (Å²) in [5, 5.41) is 2.17. The van der Waals surface area contributed by atoms with E-state index in [9.17, 15) is 14.4 Å². The Labute approximate surface area is 230 Å². The topological polar surface area (TPSA) is 114 Å². The lowest BCUT2D eigenvalue weighted by atomic mass is 10.1. The Hall–Kier alpha value is -4.41. The second kappa shape index (κ2) is 10.4. The maximum atomic E-state index is 13.4. The Morgan fingerprint density at radius 2 is 1.79 bits per heavy atom. The van der Waals surface area contributed by atoms with Crippen molar-refractivity contribution >= 4 is 56.7 Å². The maximum absolute atomic E-state index is 13.4. The molecule has 0 bridgehead atoms. The van der Waals surface area contributed by atoms with Crippen LogP contribution in [0.3, 0.4) is 0 Å². The first-order valence-corrected chi connectivity index (χ1v) is 13.5. The van der Waals surface area contributed by atoms with Crippen LogP contribution < -0.4 is 16.5 Å². The second-order valence-electron chi connectivity index (χ2n) is 8.90. The third-order valence-corrected chi connectivity index (χ3v) is 7.50. The predicted molar refractivity (Wildman–Crippen MR) is 153 cm³/mol. The van der Waals surface area contributed by atoms with Gasteiger partial charge in [-0.15, -0.1) is 0 Å². The van der Waals surface area contributed by atoms with Gasteiger partial charge in [-0.1, -0.05) is 53.7 Å². The number of carbonyl (C=O) groups is 1. The molecule has 0 aliphatic carbocycles. The number of thioether (sulfide) groups is 1. The summed E-state index contributed by atoms with van der Waals surface area (Å²) in [6.45, 7) is 0. The largest absolute Gasteiger partial charge is 0.361 e. The van der Waals surface area contributed by atoms with E-state index in [1.165, 1.54) is 33.1 Å². The highest BCUT2D eigenvalue weighted by Gasteiger charge is 2.16. The van der Waals surface area contributed by atoms with Gasteiger partial charge in [-0.3, -0.25) is 24.2 Å². The van der Waals surface area contributed by atoms with Gasteiger partial charge in [-0.2, -0.15) is 4.68 Å². The molecule has 9 nitrogen and oxygen atoms in total. The molecule has 0 spiro atoms. The van der Waals surface area contributed by atoms with Crippen molar-refractivity contribution in [2.24, 2.45) is 0 Å². The summed E-state index contributed by atoms with van der Waals surface area (Å²) < 4.78 is 2.55. The summed E-state index contributed by atoms with van der Waals surface area (Å²) in [5.74, 6) is -0.0649. The summed E-state index contributed by atoms with van der Waals surface area (Å²) in [6.07, 6.45) is 4.09. The van der Waals surface area contributed by atoms with E-state index >= 15 is 0 Å². The smallest absolute Gasteiger partial charge is 0.281 e. The third-order valence-electron chi connectivity index (χ3n) is 6.30. The number of carbonyl (C=O) groups excluding carboxylic acids is 1. The number of halogens is 1. The van der Waals surface area contributed by atoms with E-state index in [4.69, 9.17) is 11.6 Å². The molecule has 2 N–H and O–H groups in total. The molecule has 39 heavy (non-hydrogen) atoms. The molecular formula is C28H21ClN6O3S. The summed E-state index contributed by atoms with van der Waals surface area (Å²) in [4.78, 5) is 51.3. The molecule has 0 fully saturated rings. The number of rotatable bonds is 7. The minimum atomic E-state index is -0.385. The molecular weight excluding hydrogens is 536 g/mol. The van der Waals surface area contributed by atoms with E-state index in [0.29, 0.717) is 33.7 Å². The number of amides is 1. The maximum Gasteiger partial charge on any atom is 0.281 e. The molecule has 1 amide bonds. The van der Waals surface area contributed by atoms with Crippen molar-refractivity contribution in [2.45, 2.75) is 23.8 Å². The number of pyridine rings is 1. The van der Waals surface area contributed by atoms with E-state index in [2.05, 4.69) is 20.4 Å². The second-order valence-corrected chi connectivity index (χ2v) is 10.3. The van der Waals surface area contributed by atoms with Gasteiger partial charge in [0.05, 0.1) is 21.6 Å². The normalized spacial score (nSPS) is 11.4. The zero-order valence-corrected chi connectivity index (χ0v) is 22.0. The van der Waals surface area contributed by atoms with Gasteiger partial charge in [0.1, 0.15) is 5.65 Å². The van der Waals surface area contributed by atoms with Crippen LogP contribution in [0.25, 0.3) is 27.5 Å². The number of benzene rings is 2. The van der Waals surface area contributed by atoms with E-state index in [0.717, 1.165) is 16.5 Å². The average molecular weight is 557 g/mol. The van der Waals surface area contributed by atoms with E-state index in [-0.39, 0.29) is 34.4 Å². The molecule has 11 heteroatoms. The Morgan fingerprint density at radius 3 is 2.67 bits per heavy atom. The zero-order chi connectivity index (χ0) is 26.9. The molecule has 6 rings (SSSR count). The van der Waals surface area contributed by atoms with Gasteiger partial charge in [-0.25, -0.2) is 9.97 Å². The quantitative estimate of drug-likeness (QED) is 0.220. The third kappa shape index (κ3) is 5.04. The van der Waals surface area contributed by atoms with Gasteiger partial charge >= 0.3 is 0 Å². The molecule has 0 aliphatic heterocycles. The number of nitrogens with zero attached hydrogens (tertiary/aromatic N) is 4. The minimum Gasteiger partial charge on any atom is -0.361 e. The molecule has 0 atom stereocenters. The molecule has 194 valence electrons. The molecule has 4 heterocycles. The van der Waals surface area contributed by atoms with Crippen molar-refractivity contribution in [3.63, 3.8) is 0 Å². The number of hydrogen-bond acceptors (Lipinski definition) is 6. The first-order chi connectivity index (χ1) is 19.0. The summed E-state index contributed by atoms with van der Waals surface area (Å²) in [5.41, 5.74) is 5.58. The standard InChI is InChI=1S/C28H21ClN6O3S/c29-18-10-11-24-31-19(13-26(37)34(24)15-18)16-39-28-32-23-8-4-2-6-21(23)27(38)35(28)33-25(36)12-9-17-14-30-22-7-3-1-5-20(17)22/h1-8,10-11,13-15,30H,9,12,16H2,(H,33,36). The van der Waals surface area contributed by atoms with Crippen LogP contribution in [0.4, 0.5) is 0 Å². The molecule has 0 aliphatic rings. The number of aromatic nitrogens is 5. The molecule has 0 unspecified atom stereocenters. The highest BCUT2D eigenvalue weighted by Crippen LogP contribution is 2.22. The fourth-order valence-electron chi connectivity index (χ4n) is 4.41. The fourth-order valence-corrected chi connectivity index (χ4v) is 5.42. The molecule has 0 saturated carbocycles. The van der Waals surface area contributed by atoms with Crippen LogP contribution in [-0.2, 0) is 17.0 Å². The highest BCUT2D eigenvalue weighted by atomic mass is 35.5. The van der Waals surface area contributed by atoms with Crippen molar-refractivity contribution in [1.82, 2.24) is 24.0 Å². The molecule has 6 aromatic rings. The van der Waals surface area contributed by atoms with Gasteiger partial charge in [-0.05, 0) is 42.3 Å². The van der Waals surface area contributed by atoms with Gasteiger partial charge in [0.15, 0.2) is 5.16 Å². The van der Waals surface area contributed by atoms with Gasteiger partial charge in [0, 0.05) is 41.5 Å². The van der Waals surface area contributed by atoms with Crippen LogP contribution in [0.15, 0.2) is 93.9 Å². The lowest BCUT2D eigenvalue weighted by Gasteiger charge is -2.14. The highest BCUT2D eigenvalue weighted by molar-refractivity contribution is 7.98. The number of H-pyrrole nitrogens is 1. The fraction of sp³-hybridized carbons (Fsp3) is 0.107. The van der Waals surface area contributed by atoms with Crippen LogP contribution >= 0.6 is 23.4 Å². The Kier molecular flexibility index (Phi) is 6.64. The minimum absolute atomic E-state index is 0.177.